The molecule has 0 aromatic heterocycles. The van der Waals surface area contributed by atoms with Crippen molar-refractivity contribution in [2.45, 2.75) is 45.5 Å². The highest BCUT2D eigenvalue weighted by Gasteiger charge is 2.51. The number of carbonyl (C=O) groups is 1. The van der Waals surface area contributed by atoms with Crippen LogP contribution in [0, 0.1) is 0 Å². The van der Waals surface area contributed by atoms with E-state index in [0.717, 1.165) is 17.3 Å². The molecule has 6 heteroatoms. The van der Waals surface area contributed by atoms with Crippen molar-refractivity contribution in [3.63, 3.8) is 0 Å². The molecule has 0 spiro atoms. The van der Waals surface area contributed by atoms with Crippen LogP contribution in [0.15, 0.2) is 42.5 Å². The third-order valence-corrected chi connectivity index (χ3v) is 5.22. The van der Waals surface area contributed by atoms with Crippen molar-refractivity contribution < 1.29 is 23.6 Å². The van der Waals surface area contributed by atoms with Gasteiger partial charge in [-0.3, -0.25) is 4.79 Å². The minimum absolute atomic E-state index is 0.357. The highest BCUT2D eigenvalue weighted by molar-refractivity contribution is 6.62. The van der Waals surface area contributed by atoms with Crippen molar-refractivity contribution >= 4 is 18.9 Å². The molecule has 0 aliphatic carbocycles. The summed E-state index contributed by atoms with van der Waals surface area (Å²) in [6.07, 6.45) is 0.779. The largest absolute Gasteiger partial charge is 0.494 e. The summed E-state index contributed by atoms with van der Waals surface area (Å²) in [5.74, 6) is 1.13. The maximum Gasteiger partial charge on any atom is 0.494 e. The Morgan fingerprint density at radius 1 is 0.963 bits per heavy atom. The van der Waals surface area contributed by atoms with Crippen LogP contribution in [-0.2, 0) is 15.9 Å². The van der Waals surface area contributed by atoms with Crippen molar-refractivity contribution in [2.24, 2.45) is 0 Å². The zero-order valence-corrected chi connectivity index (χ0v) is 16.4. The summed E-state index contributed by atoms with van der Waals surface area (Å²) < 4.78 is 23.3. The smallest absolute Gasteiger partial charge is 0.493 e. The van der Waals surface area contributed by atoms with Crippen LogP contribution in [0.5, 0.6) is 11.5 Å². The lowest BCUT2D eigenvalue weighted by Gasteiger charge is -2.32. The minimum Gasteiger partial charge on any atom is -0.493 e. The van der Waals surface area contributed by atoms with E-state index in [1.807, 2.05) is 52.0 Å². The van der Waals surface area contributed by atoms with Gasteiger partial charge in [-0.2, -0.15) is 0 Å². The molecule has 0 bridgehead atoms. The number of hydrogen-bond donors (Lipinski definition) is 0. The molecule has 0 radical (unpaired) electrons. The molecular formula is C21H25BO5. The lowest BCUT2D eigenvalue weighted by atomic mass is 9.79. The second-order valence-corrected chi connectivity index (χ2v) is 7.65. The van der Waals surface area contributed by atoms with E-state index in [9.17, 15) is 4.79 Å². The average molecular weight is 368 g/mol. The predicted octanol–water partition coefficient (Wildman–Crippen LogP) is 3.39. The first-order valence-electron chi connectivity index (χ1n) is 8.96. The van der Waals surface area contributed by atoms with Gasteiger partial charge >= 0.3 is 7.12 Å². The fourth-order valence-corrected chi connectivity index (χ4v) is 2.79. The van der Waals surface area contributed by atoms with E-state index in [4.69, 9.17) is 18.8 Å². The maximum atomic E-state index is 10.9. The van der Waals surface area contributed by atoms with Gasteiger partial charge in [0.1, 0.15) is 12.9 Å². The topological polar surface area (TPSA) is 54.0 Å². The number of hydrogen-bond acceptors (Lipinski definition) is 5. The fraction of sp³-hybridized carbons (Fsp3) is 0.381. The molecule has 2 aromatic rings. The predicted molar refractivity (Wildman–Crippen MR) is 105 cm³/mol. The summed E-state index contributed by atoms with van der Waals surface area (Å²) >= 11 is 0. The van der Waals surface area contributed by atoms with Crippen molar-refractivity contribution in [3.05, 3.63) is 53.6 Å². The zero-order chi connectivity index (χ0) is 19.7. The summed E-state index contributed by atoms with van der Waals surface area (Å²) in [6, 6.07) is 13.1. The summed E-state index contributed by atoms with van der Waals surface area (Å²) in [5, 5.41) is 0. The van der Waals surface area contributed by atoms with Gasteiger partial charge in [0.2, 0.25) is 0 Å². The zero-order valence-electron chi connectivity index (χ0n) is 16.4. The first-order chi connectivity index (χ1) is 12.8. The van der Waals surface area contributed by atoms with Crippen molar-refractivity contribution in [1.82, 2.24) is 0 Å². The third kappa shape index (κ3) is 4.02. The van der Waals surface area contributed by atoms with Crippen LogP contribution in [0.2, 0.25) is 0 Å². The van der Waals surface area contributed by atoms with Crippen LogP contribution in [0.1, 0.15) is 43.6 Å². The Kier molecular flexibility index (Phi) is 5.31. The number of methoxy groups -OCH3 is 1. The Labute approximate surface area is 160 Å². The lowest BCUT2D eigenvalue weighted by Crippen LogP contribution is -2.41. The maximum absolute atomic E-state index is 10.9. The average Bonchev–Trinajstić information content (AvgIpc) is 2.87. The first-order valence-corrected chi connectivity index (χ1v) is 8.96. The molecule has 1 aliphatic heterocycles. The van der Waals surface area contributed by atoms with E-state index in [-0.39, 0.29) is 18.3 Å². The van der Waals surface area contributed by atoms with Crippen molar-refractivity contribution in [2.75, 3.05) is 7.11 Å². The van der Waals surface area contributed by atoms with E-state index >= 15 is 0 Å². The molecule has 0 N–H and O–H groups in total. The van der Waals surface area contributed by atoms with Gasteiger partial charge in [0.25, 0.3) is 0 Å². The van der Waals surface area contributed by atoms with Gasteiger partial charge in [0.15, 0.2) is 11.5 Å². The molecule has 27 heavy (non-hydrogen) atoms. The van der Waals surface area contributed by atoms with Gasteiger partial charge in [-0.1, -0.05) is 24.3 Å². The van der Waals surface area contributed by atoms with Crippen LogP contribution in [0.4, 0.5) is 0 Å². The number of ether oxygens (including phenoxy) is 2. The Balaban J connectivity index is 1.66. The van der Waals surface area contributed by atoms with Gasteiger partial charge in [-0.15, -0.1) is 0 Å². The number of aldehydes is 1. The lowest BCUT2D eigenvalue weighted by molar-refractivity contribution is 0.00578. The van der Waals surface area contributed by atoms with Gasteiger partial charge in [-0.05, 0) is 56.9 Å². The quantitative estimate of drug-likeness (QED) is 0.578. The molecule has 1 fully saturated rings. The molecule has 0 amide bonds. The molecule has 1 saturated heterocycles. The number of benzene rings is 2. The van der Waals surface area contributed by atoms with Crippen LogP contribution in [0.25, 0.3) is 0 Å². The number of rotatable bonds is 6. The Bertz CT molecular complexity index is 798. The van der Waals surface area contributed by atoms with Gasteiger partial charge < -0.3 is 18.8 Å². The normalized spacial score (nSPS) is 17.6. The molecule has 0 saturated carbocycles. The standard InChI is InChI=1S/C21H25BO5/c1-20(2)21(3,4)27-22(26-20)17-9-6-15(7-10-17)14-25-18-11-8-16(13-23)12-19(18)24-5/h6-13H,14H2,1-5H3. The molecule has 5 nitrogen and oxygen atoms in total. The molecule has 1 aliphatic rings. The molecule has 1 heterocycles. The summed E-state index contributed by atoms with van der Waals surface area (Å²) in [6.45, 7) is 8.55. The van der Waals surface area contributed by atoms with Crippen molar-refractivity contribution in [1.29, 1.82) is 0 Å². The highest BCUT2D eigenvalue weighted by atomic mass is 16.7. The molecule has 3 rings (SSSR count). The van der Waals surface area contributed by atoms with E-state index in [0.29, 0.717) is 23.7 Å². The van der Waals surface area contributed by atoms with E-state index in [1.165, 1.54) is 0 Å². The Morgan fingerprint density at radius 3 is 2.15 bits per heavy atom. The Morgan fingerprint density at radius 2 is 1.59 bits per heavy atom. The van der Waals surface area contributed by atoms with E-state index < -0.39 is 0 Å². The van der Waals surface area contributed by atoms with Crippen LogP contribution in [0.3, 0.4) is 0 Å². The van der Waals surface area contributed by atoms with E-state index in [1.54, 1.807) is 25.3 Å². The SMILES string of the molecule is COc1cc(C=O)ccc1OCc1ccc(B2OC(C)(C)C(C)(C)O2)cc1. The molecule has 0 unspecified atom stereocenters. The Hall–Kier alpha value is -2.31. The highest BCUT2D eigenvalue weighted by Crippen LogP contribution is 2.36. The van der Waals surface area contributed by atoms with Crippen LogP contribution in [-0.4, -0.2) is 31.7 Å². The van der Waals surface area contributed by atoms with Crippen molar-refractivity contribution in [3.8, 4) is 11.5 Å². The number of carbonyl (C=O) groups excluding carboxylic acids is 1. The molecule has 0 atom stereocenters. The molecule has 142 valence electrons. The van der Waals surface area contributed by atoms with Gasteiger partial charge in [0, 0.05) is 5.56 Å². The first kappa shape index (κ1) is 19.5. The summed E-state index contributed by atoms with van der Waals surface area (Å²) in [7, 11) is 1.18. The van der Waals surface area contributed by atoms with E-state index in [2.05, 4.69) is 0 Å². The van der Waals surface area contributed by atoms with Crippen LogP contribution >= 0.6 is 0 Å². The molecular weight excluding hydrogens is 343 g/mol. The van der Waals surface area contributed by atoms with Gasteiger partial charge in [-0.25, -0.2) is 0 Å². The second kappa shape index (κ2) is 7.37. The molecule has 2 aromatic carbocycles. The van der Waals surface area contributed by atoms with Gasteiger partial charge in [0.05, 0.1) is 18.3 Å². The monoisotopic (exact) mass is 368 g/mol. The summed E-state index contributed by atoms with van der Waals surface area (Å²) in [5.41, 5.74) is 1.82. The fourth-order valence-electron chi connectivity index (χ4n) is 2.79. The minimum atomic E-state index is -0.374. The summed E-state index contributed by atoms with van der Waals surface area (Å²) in [4.78, 5) is 10.9. The van der Waals surface area contributed by atoms with Crippen LogP contribution < -0.4 is 14.9 Å². The third-order valence-electron chi connectivity index (χ3n) is 5.22. The second-order valence-electron chi connectivity index (χ2n) is 7.65.